The van der Waals surface area contributed by atoms with E-state index in [2.05, 4.69) is 20.6 Å². The average Bonchev–Trinajstić information content (AvgIpc) is 2.73. The molecule has 0 atom stereocenters. The summed E-state index contributed by atoms with van der Waals surface area (Å²) >= 11 is 0. The SMILES string of the molecule is COc1ccc(CNC(=O)c2cnc(Nc3cc(C)ccc3OC)nc2)cc1. The molecule has 0 fully saturated rings. The predicted octanol–water partition coefficient (Wildman–Crippen LogP) is 3.48. The number of nitrogens with one attached hydrogen (secondary N) is 2. The lowest BCUT2D eigenvalue weighted by molar-refractivity contribution is 0.0950. The second kappa shape index (κ2) is 8.85. The van der Waals surface area contributed by atoms with Gasteiger partial charge >= 0.3 is 0 Å². The molecule has 0 bridgehead atoms. The van der Waals surface area contributed by atoms with Crippen LogP contribution in [0, 0.1) is 6.92 Å². The third-order valence-electron chi connectivity index (χ3n) is 4.13. The van der Waals surface area contributed by atoms with Crippen LogP contribution in [-0.2, 0) is 6.54 Å². The average molecular weight is 378 g/mol. The molecular weight excluding hydrogens is 356 g/mol. The first kappa shape index (κ1) is 19.2. The molecule has 1 aromatic heterocycles. The zero-order chi connectivity index (χ0) is 19.9. The molecule has 0 saturated carbocycles. The topological polar surface area (TPSA) is 85.4 Å². The summed E-state index contributed by atoms with van der Waals surface area (Å²) in [5.41, 5.74) is 3.20. The van der Waals surface area contributed by atoms with Gasteiger partial charge in [-0.2, -0.15) is 0 Å². The number of carbonyl (C=O) groups is 1. The second-order valence-corrected chi connectivity index (χ2v) is 6.15. The number of anilines is 2. The lowest BCUT2D eigenvalue weighted by atomic mass is 10.2. The summed E-state index contributed by atoms with van der Waals surface area (Å²) in [6, 6.07) is 13.3. The minimum absolute atomic E-state index is 0.240. The molecule has 0 unspecified atom stereocenters. The maximum absolute atomic E-state index is 12.3. The summed E-state index contributed by atoms with van der Waals surface area (Å²) in [6.07, 6.45) is 2.97. The van der Waals surface area contributed by atoms with Crippen LogP contribution in [0.2, 0.25) is 0 Å². The number of amides is 1. The lowest BCUT2D eigenvalue weighted by Crippen LogP contribution is -2.23. The van der Waals surface area contributed by atoms with E-state index in [0.29, 0.717) is 23.8 Å². The highest BCUT2D eigenvalue weighted by atomic mass is 16.5. The smallest absolute Gasteiger partial charge is 0.254 e. The number of methoxy groups -OCH3 is 2. The molecule has 0 aliphatic heterocycles. The van der Waals surface area contributed by atoms with Gasteiger partial charge in [0.1, 0.15) is 11.5 Å². The number of aromatic nitrogens is 2. The molecule has 7 nitrogen and oxygen atoms in total. The Balaban J connectivity index is 1.61. The van der Waals surface area contributed by atoms with Gasteiger partial charge in [-0.1, -0.05) is 18.2 Å². The number of carbonyl (C=O) groups excluding carboxylic acids is 1. The summed E-state index contributed by atoms with van der Waals surface area (Å²) in [7, 11) is 3.22. The number of hydrogen-bond acceptors (Lipinski definition) is 6. The molecule has 0 aliphatic carbocycles. The summed E-state index contributed by atoms with van der Waals surface area (Å²) in [5.74, 6) is 1.61. The van der Waals surface area contributed by atoms with Crippen LogP contribution in [0.1, 0.15) is 21.5 Å². The van der Waals surface area contributed by atoms with Crippen LogP contribution in [0.4, 0.5) is 11.6 Å². The summed E-state index contributed by atoms with van der Waals surface area (Å²) < 4.78 is 10.5. The van der Waals surface area contributed by atoms with Gasteiger partial charge in [-0.3, -0.25) is 4.79 Å². The van der Waals surface area contributed by atoms with Gasteiger partial charge in [0.05, 0.1) is 25.5 Å². The van der Waals surface area contributed by atoms with Crippen molar-refractivity contribution >= 4 is 17.5 Å². The fourth-order valence-electron chi connectivity index (χ4n) is 2.58. The van der Waals surface area contributed by atoms with Crippen molar-refractivity contribution in [1.29, 1.82) is 0 Å². The number of hydrogen-bond donors (Lipinski definition) is 2. The first-order valence-electron chi connectivity index (χ1n) is 8.74. The molecule has 7 heteroatoms. The van der Waals surface area contributed by atoms with E-state index in [9.17, 15) is 4.79 Å². The maximum atomic E-state index is 12.3. The van der Waals surface area contributed by atoms with Gasteiger partial charge in [0, 0.05) is 18.9 Å². The molecule has 0 aliphatic rings. The standard InChI is InChI=1S/C21H22N4O3/c1-14-4-9-19(28-3)18(10-14)25-21-23-12-16(13-24-21)20(26)22-11-15-5-7-17(27-2)8-6-15/h4-10,12-13H,11H2,1-3H3,(H,22,26)(H,23,24,25). The Morgan fingerprint density at radius 3 is 2.36 bits per heavy atom. The van der Waals surface area contributed by atoms with Gasteiger partial charge in [-0.05, 0) is 42.3 Å². The van der Waals surface area contributed by atoms with E-state index in [1.54, 1.807) is 14.2 Å². The Hall–Kier alpha value is -3.61. The van der Waals surface area contributed by atoms with Crippen molar-refractivity contribution < 1.29 is 14.3 Å². The molecule has 0 spiro atoms. The molecule has 3 rings (SSSR count). The largest absolute Gasteiger partial charge is 0.497 e. The molecule has 1 amide bonds. The Morgan fingerprint density at radius 2 is 1.71 bits per heavy atom. The fourth-order valence-corrected chi connectivity index (χ4v) is 2.58. The van der Waals surface area contributed by atoms with Gasteiger partial charge in [-0.15, -0.1) is 0 Å². The van der Waals surface area contributed by atoms with E-state index in [0.717, 1.165) is 22.6 Å². The van der Waals surface area contributed by atoms with Crippen LogP contribution >= 0.6 is 0 Å². The number of benzene rings is 2. The van der Waals surface area contributed by atoms with Crippen LogP contribution in [-0.4, -0.2) is 30.1 Å². The van der Waals surface area contributed by atoms with Crippen LogP contribution in [0.5, 0.6) is 11.5 Å². The van der Waals surface area contributed by atoms with Crippen LogP contribution in [0.3, 0.4) is 0 Å². The van der Waals surface area contributed by atoms with Crippen molar-refractivity contribution in [2.75, 3.05) is 19.5 Å². The minimum atomic E-state index is -0.240. The lowest BCUT2D eigenvalue weighted by Gasteiger charge is -2.11. The third-order valence-corrected chi connectivity index (χ3v) is 4.13. The van der Waals surface area contributed by atoms with Gasteiger partial charge in [0.15, 0.2) is 0 Å². The van der Waals surface area contributed by atoms with Crippen molar-refractivity contribution in [2.24, 2.45) is 0 Å². The van der Waals surface area contributed by atoms with Crippen LogP contribution in [0.15, 0.2) is 54.9 Å². The van der Waals surface area contributed by atoms with Gasteiger partial charge in [0.2, 0.25) is 5.95 Å². The van der Waals surface area contributed by atoms with E-state index < -0.39 is 0 Å². The Morgan fingerprint density at radius 1 is 1.00 bits per heavy atom. The van der Waals surface area contributed by atoms with Crippen molar-refractivity contribution in [3.63, 3.8) is 0 Å². The van der Waals surface area contributed by atoms with Crippen molar-refractivity contribution in [2.45, 2.75) is 13.5 Å². The maximum Gasteiger partial charge on any atom is 0.254 e. The van der Waals surface area contributed by atoms with E-state index in [1.807, 2.05) is 49.4 Å². The molecule has 28 heavy (non-hydrogen) atoms. The van der Waals surface area contributed by atoms with Crippen LogP contribution < -0.4 is 20.1 Å². The molecule has 144 valence electrons. The van der Waals surface area contributed by atoms with Crippen molar-refractivity contribution in [3.05, 3.63) is 71.5 Å². The quantitative estimate of drug-likeness (QED) is 0.655. The second-order valence-electron chi connectivity index (χ2n) is 6.15. The monoisotopic (exact) mass is 378 g/mol. The molecule has 0 saturated heterocycles. The van der Waals surface area contributed by atoms with Crippen LogP contribution in [0.25, 0.3) is 0 Å². The zero-order valence-corrected chi connectivity index (χ0v) is 16.0. The minimum Gasteiger partial charge on any atom is -0.497 e. The van der Waals surface area contributed by atoms with E-state index in [1.165, 1.54) is 12.4 Å². The fraction of sp³-hybridized carbons (Fsp3) is 0.190. The number of ether oxygens (including phenoxy) is 2. The van der Waals surface area contributed by atoms with Gasteiger partial charge < -0.3 is 20.1 Å². The highest BCUT2D eigenvalue weighted by Crippen LogP contribution is 2.27. The number of aryl methyl sites for hydroxylation is 1. The van der Waals surface area contributed by atoms with Crippen molar-refractivity contribution in [3.8, 4) is 11.5 Å². The van der Waals surface area contributed by atoms with E-state index >= 15 is 0 Å². The molecule has 2 aromatic carbocycles. The molecule has 1 heterocycles. The molecular formula is C21H22N4O3. The Bertz CT molecular complexity index is 941. The van der Waals surface area contributed by atoms with Gasteiger partial charge in [-0.25, -0.2) is 9.97 Å². The predicted molar refractivity (Wildman–Crippen MR) is 107 cm³/mol. The molecule has 2 N–H and O–H groups in total. The first-order valence-corrected chi connectivity index (χ1v) is 8.74. The number of rotatable bonds is 7. The normalized spacial score (nSPS) is 10.2. The zero-order valence-electron chi connectivity index (χ0n) is 16.0. The summed E-state index contributed by atoms with van der Waals surface area (Å²) in [6.45, 7) is 2.39. The number of nitrogens with zero attached hydrogens (tertiary/aromatic N) is 2. The first-order chi connectivity index (χ1) is 13.6. The molecule has 0 radical (unpaired) electrons. The van der Waals surface area contributed by atoms with Gasteiger partial charge in [0.25, 0.3) is 5.91 Å². The van der Waals surface area contributed by atoms with E-state index in [-0.39, 0.29) is 5.91 Å². The van der Waals surface area contributed by atoms with E-state index in [4.69, 9.17) is 9.47 Å². The highest BCUT2D eigenvalue weighted by molar-refractivity contribution is 5.93. The molecule has 3 aromatic rings. The summed E-state index contributed by atoms with van der Waals surface area (Å²) in [5, 5.41) is 5.96. The third kappa shape index (κ3) is 4.76. The highest BCUT2D eigenvalue weighted by Gasteiger charge is 2.09. The Kier molecular flexibility index (Phi) is 6.06. The Labute approximate surface area is 163 Å². The van der Waals surface area contributed by atoms with Crippen molar-refractivity contribution in [1.82, 2.24) is 15.3 Å². The summed E-state index contributed by atoms with van der Waals surface area (Å²) in [4.78, 5) is 20.7.